The van der Waals surface area contributed by atoms with Crippen LogP contribution in [0.5, 0.6) is 0 Å². The summed E-state index contributed by atoms with van der Waals surface area (Å²) in [5, 5.41) is 26.2. The molecule has 0 heterocycles. The second kappa shape index (κ2) is 10.9. The molecular formula is C12H24O4. The number of aliphatic hydroxyl groups is 2. The maximum absolute atomic E-state index is 10.9. The van der Waals surface area contributed by atoms with E-state index in [1.54, 1.807) is 0 Å². The second-order valence-electron chi connectivity index (χ2n) is 4.18. The summed E-state index contributed by atoms with van der Waals surface area (Å²) in [6.45, 7) is 0.363. The first-order valence-electron chi connectivity index (χ1n) is 6.17. The van der Waals surface area contributed by atoms with E-state index in [0.29, 0.717) is 19.3 Å². The lowest BCUT2D eigenvalue weighted by atomic mass is 9.95. The predicted octanol–water partition coefficient (Wildman–Crippen LogP) is 1.79. The van der Waals surface area contributed by atoms with E-state index in [4.69, 9.17) is 15.3 Å². The molecule has 0 saturated carbocycles. The van der Waals surface area contributed by atoms with Crippen molar-refractivity contribution in [3.63, 3.8) is 0 Å². The Hall–Kier alpha value is -0.610. The molecule has 0 fully saturated rings. The minimum Gasteiger partial charge on any atom is -0.481 e. The highest BCUT2D eigenvalue weighted by Gasteiger charge is 2.15. The van der Waals surface area contributed by atoms with Gasteiger partial charge in [-0.25, -0.2) is 0 Å². The fourth-order valence-corrected chi connectivity index (χ4v) is 1.75. The molecule has 3 N–H and O–H groups in total. The third-order valence-electron chi connectivity index (χ3n) is 2.77. The van der Waals surface area contributed by atoms with Crippen molar-refractivity contribution < 1.29 is 20.1 Å². The summed E-state index contributed by atoms with van der Waals surface area (Å²) >= 11 is 0. The molecule has 0 radical (unpaired) electrons. The third-order valence-corrected chi connectivity index (χ3v) is 2.77. The molecule has 4 heteroatoms. The minimum absolute atomic E-state index is 0.142. The van der Waals surface area contributed by atoms with Crippen LogP contribution >= 0.6 is 0 Å². The van der Waals surface area contributed by atoms with E-state index >= 15 is 0 Å². The van der Waals surface area contributed by atoms with E-state index in [-0.39, 0.29) is 19.1 Å². The lowest BCUT2D eigenvalue weighted by Crippen LogP contribution is -2.13. The standard InChI is InChI=1S/C12H24O4/c13-9-5-2-1-3-7-11(12(15)16)8-4-6-10-14/h11,13-14H,1-10H2,(H,15,16). The smallest absolute Gasteiger partial charge is 0.306 e. The van der Waals surface area contributed by atoms with Crippen molar-refractivity contribution in [2.24, 2.45) is 5.92 Å². The molecule has 0 saturated heterocycles. The number of hydrogen-bond donors (Lipinski definition) is 3. The van der Waals surface area contributed by atoms with E-state index < -0.39 is 5.97 Å². The number of rotatable bonds is 11. The number of carboxylic acids is 1. The van der Waals surface area contributed by atoms with Gasteiger partial charge in [0.2, 0.25) is 0 Å². The van der Waals surface area contributed by atoms with Crippen LogP contribution in [-0.4, -0.2) is 34.5 Å². The number of hydrogen-bond acceptors (Lipinski definition) is 3. The highest BCUT2D eigenvalue weighted by atomic mass is 16.4. The number of aliphatic hydroxyl groups excluding tert-OH is 2. The molecule has 1 atom stereocenters. The molecule has 0 spiro atoms. The topological polar surface area (TPSA) is 77.8 Å². The Bertz CT molecular complexity index is 170. The molecule has 1 unspecified atom stereocenters. The zero-order chi connectivity index (χ0) is 12.2. The van der Waals surface area contributed by atoms with Crippen molar-refractivity contribution in [1.29, 1.82) is 0 Å². The summed E-state index contributed by atoms with van der Waals surface area (Å²) in [5.74, 6) is -0.985. The first-order valence-corrected chi connectivity index (χ1v) is 6.17. The third kappa shape index (κ3) is 8.68. The maximum atomic E-state index is 10.9. The monoisotopic (exact) mass is 232 g/mol. The molecule has 0 amide bonds. The summed E-state index contributed by atoms with van der Waals surface area (Å²) in [6, 6.07) is 0. The maximum Gasteiger partial charge on any atom is 0.306 e. The lowest BCUT2D eigenvalue weighted by molar-refractivity contribution is -0.142. The van der Waals surface area contributed by atoms with Crippen LogP contribution in [0.1, 0.15) is 51.4 Å². The Balaban J connectivity index is 3.56. The van der Waals surface area contributed by atoms with Gasteiger partial charge in [0, 0.05) is 13.2 Å². The fraction of sp³-hybridized carbons (Fsp3) is 0.917. The van der Waals surface area contributed by atoms with Gasteiger partial charge in [-0.15, -0.1) is 0 Å². The second-order valence-corrected chi connectivity index (χ2v) is 4.18. The molecule has 0 aliphatic carbocycles. The van der Waals surface area contributed by atoms with Gasteiger partial charge >= 0.3 is 5.97 Å². The van der Waals surface area contributed by atoms with Crippen LogP contribution in [-0.2, 0) is 4.79 Å². The molecule has 0 aromatic carbocycles. The Morgan fingerprint density at radius 1 is 0.812 bits per heavy atom. The quantitative estimate of drug-likeness (QED) is 0.475. The van der Waals surface area contributed by atoms with Crippen LogP contribution in [0, 0.1) is 5.92 Å². The van der Waals surface area contributed by atoms with Gasteiger partial charge in [-0.2, -0.15) is 0 Å². The molecule has 0 bridgehead atoms. The average Bonchev–Trinajstić information content (AvgIpc) is 2.26. The first-order chi connectivity index (χ1) is 7.72. The molecule has 16 heavy (non-hydrogen) atoms. The highest BCUT2D eigenvalue weighted by Crippen LogP contribution is 2.17. The lowest BCUT2D eigenvalue weighted by Gasteiger charge is -2.11. The Morgan fingerprint density at radius 2 is 1.25 bits per heavy atom. The van der Waals surface area contributed by atoms with Crippen molar-refractivity contribution in [2.75, 3.05) is 13.2 Å². The van der Waals surface area contributed by atoms with Crippen LogP contribution < -0.4 is 0 Å². The van der Waals surface area contributed by atoms with Crippen LogP contribution in [0.2, 0.25) is 0 Å². The summed E-state index contributed by atoms with van der Waals surface area (Å²) in [6.07, 6.45) is 6.53. The Labute approximate surface area is 97.3 Å². The van der Waals surface area contributed by atoms with E-state index in [0.717, 1.165) is 32.1 Å². The minimum atomic E-state index is -0.722. The van der Waals surface area contributed by atoms with Crippen molar-refractivity contribution in [2.45, 2.75) is 51.4 Å². The van der Waals surface area contributed by atoms with Crippen LogP contribution in [0.15, 0.2) is 0 Å². The van der Waals surface area contributed by atoms with Crippen LogP contribution in [0.3, 0.4) is 0 Å². The van der Waals surface area contributed by atoms with Crippen molar-refractivity contribution in [1.82, 2.24) is 0 Å². The number of unbranched alkanes of at least 4 members (excludes halogenated alkanes) is 4. The number of aliphatic carboxylic acids is 1. The van der Waals surface area contributed by atoms with Gasteiger partial charge in [0.15, 0.2) is 0 Å². The zero-order valence-corrected chi connectivity index (χ0v) is 9.90. The number of carbonyl (C=O) groups is 1. The SMILES string of the molecule is O=C(O)C(CCCCO)CCCCCCO. The predicted molar refractivity (Wildman–Crippen MR) is 62.2 cm³/mol. The van der Waals surface area contributed by atoms with Crippen LogP contribution in [0.25, 0.3) is 0 Å². The summed E-state index contributed by atoms with van der Waals surface area (Å²) in [7, 11) is 0. The summed E-state index contributed by atoms with van der Waals surface area (Å²) in [4.78, 5) is 10.9. The van der Waals surface area contributed by atoms with Gasteiger partial charge < -0.3 is 15.3 Å². The normalized spacial score (nSPS) is 12.6. The average molecular weight is 232 g/mol. The van der Waals surface area contributed by atoms with Gasteiger partial charge in [0.05, 0.1) is 5.92 Å². The van der Waals surface area contributed by atoms with Crippen molar-refractivity contribution in [3.8, 4) is 0 Å². The molecule has 0 rings (SSSR count). The largest absolute Gasteiger partial charge is 0.481 e. The van der Waals surface area contributed by atoms with Crippen molar-refractivity contribution >= 4 is 5.97 Å². The van der Waals surface area contributed by atoms with Crippen LogP contribution in [0.4, 0.5) is 0 Å². The van der Waals surface area contributed by atoms with Gasteiger partial charge in [-0.1, -0.05) is 25.7 Å². The van der Waals surface area contributed by atoms with Gasteiger partial charge in [0.1, 0.15) is 0 Å². The molecular weight excluding hydrogens is 208 g/mol. The van der Waals surface area contributed by atoms with E-state index in [1.165, 1.54) is 0 Å². The van der Waals surface area contributed by atoms with E-state index in [9.17, 15) is 4.79 Å². The Kier molecular flexibility index (Phi) is 10.5. The zero-order valence-electron chi connectivity index (χ0n) is 9.90. The highest BCUT2D eigenvalue weighted by molar-refractivity contribution is 5.69. The first kappa shape index (κ1) is 15.4. The fourth-order valence-electron chi connectivity index (χ4n) is 1.75. The van der Waals surface area contributed by atoms with Gasteiger partial charge in [0.25, 0.3) is 0 Å². The Morgan fingerprint density at radius 3 is 1.75 bits per heavy atom. The summed E-state index contributed by atoms with van der Waals surface area (Å²) < 4.78 is 0. The molecule has 0 aromatic rings. The summed E-state index contributed by atoms with van der Waals surface area (Å²) in [5.41, 5.74) is 0. The molecule has 96 valence electrons. The molecule has 0 aliphatic rings. The number of carboxylic acid groups (broad SMARTS) is 1. The molecule has 4 nitrogen and oxygen atoms in total. The van der Waals surface area contributed by atoms with E-state index in [1.807, 2.05) is 0 Å². The van der Waals surface area contributed by atoms with Gasteiger partial charge in [-0.3, -0.25) is 4.79 Å². The van der Waals surface area contributed by atoms with Crippen molar-refractivity contribution in [3.05, 3.63) is 0 Å². The molecule has 0 aromatic heterocycles. The van der Waals surface area contributed by atoms with E-state index in [2.05, 4.69) is 0 Å². The molecule has 0 aliphatic heterocycles. The van der Waals surface area contributed by atoms with Gasteiger partial charge in [-0.05, 0) is 25.7 Å².